The number of ether oxygens (including phenoxy) is 2. The highest BCUT2D eigenvalue weighted by atomic mass is 16.5. The van der Waals surface area contributed by atoms with Gasteiger partial charge in [0.25, 0.3) is 0 Å². The van der Waals surface area contributed by atoms with E-state index in [0.29, 0.717) is 12.5 Å². The molecule has 1 aromatic rings. The van der Waals surface area contributed by atoms with Crippen molar-refractivity contribution in [2.75, 3.05) is 26.9 Å². The van der Waals surface area contributed by atoms with Gasteiger partial charge in [-0.15, -0.1) is 0 Å². The molecule has 1 rings (SSSR count). The Kier molecular flexibility index (Phi) is 6.53. The van der Waals surface area contributed by atoms with Crippen LogP contribution in [0.3, 0.4) is 0 Å². The molecule has 0 fully saturated rings. The summed E-state index contributed by atoms with van der Waals surface area (Å²) in [5.41, 5.74) is 1.01. The quantitative estimate of drug-likeness (QED) is 0.681. The monoisotopic (exact) mass is 224 g/mol. The Bertz CT molecular complexity index is 292. The summed E-state index contributed by atoms with van der Waals surface area (Å²) in [6.07, 6.45) is 0.885. The van der Waals surface area contributed by atoms with Crippen molar-refractivity contribution in [3.05, 3.63) is 23.9 Å². The van der Waals surface area contributed by atoms with E-state index < -0.39 is 0 Å². The smallest absolute Gasteiger partial charge is 0.213 e. The number of hydrogen-bond acceptors (Lipinski definition) is 4. The first-order valence-electron chi connectivity index (χ1n) is 5.65. The number of hydrogen-bond donors (Lipinski definition) is 1. The standard InChI is InChI=1S/C12H20N2O2/c1-3-13-10-11-6-4-7-12(14-11)16-9-5-8-15-2/h4,6-7,13H,3,5,8-10H2,1-2H3. The van der Waals surface area contributed by atoms with Gasteiger partial charge in [0.15, 0.2) is 0 Å². The van der Waals surface area contributed by atoms with E-state index in [4.69, 9.17) is 9.47 Å². The third kappa shape index (κ3) is 5.09. The van der Waals surface area contributed by atoms with Crippen molar-refractivity contribution in [3.63, 3.8) is 0 Å². The van der Waals surface area contributed by atoms with Crippen molar-refractivity contribution in [2.45, 2.75) is 19.9 Å². The highest BCUT2D eigenvalue weighted by Gasteiger charge is 1.98. The zero-order valence-electron chi connectivity index (χ0n) is 10.0. The summed E-state index contributed by atoms with van der Waals surface area (Å²) in [5, 5.41) is 3.23. The van der Waals surface area contributed by atoms with E-state index in [2.05, 4.69) is 17.2 Å². The summed E-state index contributed by atoms with van der Waals surface area (Å²) >= 11 is 0. The van der Waals surface area contributed by atoms with Gasteiger partial charge < -0.3 is 14.8 Å². The third-order valence-electron chi connectivity index (χ3n) is 2.08. The van der Waals surface area contributed by atoms with Crippen molar-refractivity contribution in [2.24, 2.45) is 0 Å². The molecule has 0 saturated carbocycles. The van der Waals surface area contributed by atoms with Gasteiger partial charge in [-0.3, -0.25) is 0 Å². The van der Waals surface area contributed by atoms with Crippen LogP contribution in [0.5, 0.6) is 5.88 Å². The van der Waals surface area contributed by atoms with Gasteiger partial charge in [-0.2, -0.15) is 0 Å². The molecule has 0 amide bonds. The van der Waals surface area contributed by atoms with E-state index in [1.807, 2.05) is 18.2 Å². The second-order valence-corrected chi connectivity index (χ2v) is 3.44. The molecule has 1 heterocycles. The normalized spacial score (nSPS) is 10.4. The van der Waals surface area contributed by atoms with Crippen molar-refractivity contribution >= 4 is 0 Å². The van der Waals surface area contributed by atoms with E-state index in [0.717, 1.165) is 31.8 Å². The second-order valence-electron chi connectivity index (χ2n) is 3.44. The van der Waals surface area contributed by atoms with Crippen LogP contribution in [0, 0.1) is 0 Å². The predicted molar refractivity (Wildman–Crippen MR) is 63.6 cm³/mol. The molecule has 4 heteroatoms. The summed E-state index contributed by atoms with van der Waals surface area (Å²) in [7, 11) is 1.69. The average Bonchev–Trinajstić information content (AvgIpc) is 2.33. The number of nitrogens with one attached hydrogen (secondary N) is 1. The molecule has 0 atom stereocenters. The molecule has 0 aliphatic rings. The van der Waals surface area contributed by atoms with Gasteiger partial charge in [0.2, 0.25) is 5.88 Å². The van der Waals surface area contributed by atoms with Gasteiger partial charge >= 0.3 is 0 Å². The zero-order valence-corrected chi connectivity index (χ0v) is 10.0. The Morgan fingerprint density at radius 1 is 1.31 bits per heavy atom. The molecule has 0 unspecified atom stereocenters. The molecule has 1 aromatic heterocycles. The van der Waals surface area contributed by atoms with E-state index in [1.165, 1.54) is 0 Å². The number of aromatic nitrogens is 1. The largest absolute Gasteiger partial charge is 0.478 e. The lowest BCUT2D eigenvalue weighted by Crippen LogP contribution is -2.13. The minimum absolute atomic E-state index is 0.644. The van der Waals surface area contributed by atoms with Gasteiger partial charge in [-0.05, 0) is 12.6 Å². The fourth-order valence-corrected chi connectivity index (χ4v) is 1.27. The van der Waals surface area contributed by atoms with Crippen molar-refractivity contribution in [3.8, 4) is 5.88 Å². The maximum absolute atomic E-state index is 5.51. The van der Waals surface area contributed by atoms with Crippen LogP contribution < -0.4 is 10.1 Å². The zero-order chi connectivity index (χ0) is 11.6. The first-order chi connectivity index (χ1) is 7.86. The second kappa shape index (κ2) is 8.07. The molecule has 4 nitrogen and oxygen atoms in total. The highest BCUT2D eigenvalue weighted by Crippen LogP contribution is 2.07. The van der Waals surface area contributed by atoms with Crippen molar-refractivity contribution < 1.29 is 9.47 Å². The maximum atomic E-state index is 5.51. The Morgan fingerprint density at radius 2 is 2.19 bits per heavy atom. The number of methoxy groups -OCH3 is 1. The third-order valence-corrected chi connectivity index (χ3v) is 2.08. The van der Waals surface area contributed by atoms with Crippen LogP contribution in [-0.2, 0) is 11.3 Å². The van der Waals surface area contributed by atoms with E-state index in [9.17, 15) is 0 Å². The summed E-state index contributed by atoms with van der Waals surface area (Å²) in [6.45, 7) is 5.17. The average molecular weight is 224 g/mol. The molecule has 90 valence electrons. The molecule has 0 saturated heterocycles. The number of nitrogens with zero attached hydrogens (tertiary/aromatic N) is 1. The highest BCUT2D eigenvalue weighted by molar-refractivity contribution is 5.15. The van der Waals surface area contributed by atoms with E-state index >= 15 is 0 Å². The fraction of sp³-hybridized carbons (Fsp3) is 0.583. The van der Waals surface area contributed by atoms with Gasteiger partial charge in [-0.25, -0.2) is 4.98 Å². The Balaban J connectivity index is 2.35. The van der Waals surface area contributed by atoms with Crippen LogP contribution in [0.1, 0.15) is 19.0 Å². The predicted octanol–water partition coefficient (Wildman–Crippen LogP) is 1.61. The van der Waals surface area contributed by atoms with Crippen LogP contribution in [0.25, 0.3) is 0 Å². The Morgan fingerprint density at radius 3 is 2.94 bits per heavy atom. The van der Waals surface area contributed by atoms with Crippen LogP contribution in [0.15, 0.2) is 18.2 Å². The lowest BCUT2D eigenvalue weighted by atomic mass is 10.3. The van der Waals surface area contributed by atoms with Crippen molar-refractivity contribution in [1.29, 1.82) is 0 Å². The first-order valence-corrected chi connectivity index (χ1v) is 5.65. The van der Waals surface area contributed by atoms with Crippen molar-refractivity contribution in [1.82, 2.24) is 10.3 Å². The lowest BCUT2D eigenvalue weighted by Gasteiger charge is -2.06. The topological polar surface area (TPSA) is 43.4 Å². The molecular weight excluding hydrogens is 204 g/mol. The van der Waals surface area contributed by atoms with Crippen LogP contribution >= 0.6 is 0 Å². The fourth-order valence-electron chi connectivity index (χ4n) is 1.27. The van der Waals surface area contributed by atoms with Gasteiger partial charge in [0.05, 0.1) is 12.3 Å². The summed E-state index contributed by atoms with van der Waals surface area (Å²) < 4.78 is 10.5. The summed E-state index contributed by atoms with van der Waals surface area (Å²) in [4.78, 5) is 4.38. The minimum Gasteiger partial charge on any atom is -0.478 e. The number of rotatable bonds is 8. The SMILES string of the molecule is CCNCc1cccc(OCCCOC)n1. The first kappa shape index (κ1) is 12.9. The molecule has 0 bridgehead atoms. The molecule has 0 aromatic carbocycles. The van der Waals surface area contributed by atoms with Crippen LogP contribution in [0.2, 0.25) is 0 Å². The maximum Gasteiger partial charge on any atom is 0.213 e. The van der Waals surface area contributed by atoms with Gasteiger partial charge in [0.1, 0.15) is 0 Å². The molecule has 16 heavy (non-hydrogen) atoms. The Labute approximate surface area is 97.0 Å². The number of pyridine rings is 1. The van der Waals surface area contributed by atoms with Gasteiger partial charge in [0, 0.05) is 32.7 Å². The Hall–Kier alpha value is -1.13. The van der Waals surface area contributed by atoms with Crippen LogP contribution in [-0.4, -0.2) is 31.9 Å². The molecule has 0 radical (unpaired) electrons. The summed E-state index contributed by atoms with van der Waals surface area (Å²) in [5.74, 6) is 0.687. The molecule has 0 spiro atoms. The van der Waals surface area contributed by atoms with Crippen LogP contribution in [0.4, 0.5) is 0 Å². The van der Waals surface area contributed by atoms with E-state index in [1.54, 1.807) is 7.11 Å². The van der Waals surface area contributed by atoms with Gasteiger partial charge in [-0.1, -0.05) is 13.0 Å². The lowest BCUT2D eigenvalue weighted by molar-refractivity contribution is 0.170. The molecule has 0 aliphatic heterocycles. The molecule has 1 N–H and O–H groups in total. The summed E-state index contributed by atoms with van der Waals surface area (Å²) in [6, 6.07) is 5.83. The molecular formula is C12H20N2O2. The minimum atomic E-state index is 0.644. The van der Waals surface area contributed by atoms with E-state index in [-0.39, 0.29) is 0 Å². The molecule has 0 aliphatic carbocycles.